The zero-order chi connectivity index (χ0) is 24.6. The number of rotatable bonds is 10. The molecule has 2 aliphatic rings. The molecule has 2 aliphatic heterocycles. The third kappa shape index (κ3) is 8.17. The van der Waals surface area contributed by atoms with Gasteiger partial charge in [0.1, 0.15) is 0 Å². The van der Waals surface area contributed by atoms with Crippen molar-refractivity contribution in [3.05, 3.63) is 35.4 Å². The predicted octanol–water partition coefficient (Wildman–Crippen LogP) is 1.19. The molecule has 1 amide bonds. The Bertz CT molecular complexity index is 776. The number of aliphatic hydroxyl groups is 1. The van der Waals surface area contributed by atoms with Crippen LogP contribution in [0.2, 0.25) is 0 Å². The lowest BCUT2D eigenvalue weighted by molar-refractivity contribution is -0.137. The van der Waals surface area contributed by atoms with E-state index >= 15 is 0 Å². The van der Waals surface area contributed by atoms with Gasteiger partial charge in [0.05, 0.1) is 44.2 Å². The molecule has 1 aromatic carbocycles. The van der Waals surface area contributed by atoms with Gasteiger partial charge in [0.2, 0.25) is 0 Å². The Kier molecular flexibility index (Phi) is 10.1. The summed E-state index contributed by atoms with van der Waals surface area (Å²) >= 11 is 0. The van der Waals surface area contributed by atoms with Crippen LogP contribution in [0, 0.1) is 0 Å². The first kappa shape index (κ1) is 26.8. The van der Waals surface area contributed by atoms with Crippen molar-refractivity contribution in [2.24, 2.45) is 0 Å². The van der Waals surface area contributed by atoms with Gasteiger partial charge < -0.3 is 24.2 Å². The zero-order valence-electron chi connectivity index (χ0n) is 19.5. The van der Waals surface area contributed by atoms with E-state index in [1.807, 2.05) is 0 Å². The Labute approximate surface area is 198 Å². The van der Waals surface area contributed by atoms with E-state index in [0.29, 0.717) is 46.0 Å². The molecule has 1 N–H and O–H groups in total. The molecular formula is C23H34F3N3O5. The number of hydrogen-bond acceptors (Lipinski definition) is 7. The minimum atomic E-state index is -4.53. The van der Waals surface area contributed by atoms with Crippen molar-refractivity contribution in [3.8, 4) is 0 Å². The second-order valence-corrected chi connectivity index (χ2v) is 8.64. The highest BCUT2D eigenvalue weighted by Crippen LogP contribution is 2.29. The van der Waals surface area contributed by atoms with Crippen LogP contribution in [0.15, 0.2) is 24.3 Å². The van der Waals surface area contributed by atoms with Gasteiger partial charge in [-0.1, -0.05) is 6.07 Å². The monoisotopic (exact) mass is 489 g/mol. The van der Waals surface area contributed by atoms with Crippen LogP contribution in [0.3, 0.4) is 0 Å². The molecule has 0 bridgehead atoms. The summed E-state index contributed by atoms with van der Waals surface area (Å²) in [6, 6.07) is 4.44. The number of carbonyl (C=O) groups excluding carboxylic acids is 1. The molecular weight excluding hydrogens is 455 g/mol. The molecule has 0 aromatic heterocycles. The van der Waals surface area contributed by atoms with Crippen molar-refractivity contribution in [1.82, 2.24) is 14.7 Å². The summed E-state index contributed by atoms with van der Waals surface area (Å²) in [5.74, 6) is -0.503. The number of aliphatic hydroxyl groups excluding tert-OH is 1. The second kappa shape index (κ2) is 12.8. The lowest BCUT2D eigenvalue weighted by atomic mass is 10.1. The molecule has 0 saturated carbocycles. The molecule has 11 heteroatoms. The smallest absolute Gasteiger partial charge is 0.390 e. The average Bonchev–Trinajstić information content (AvgIpc) is 2.81. The first-order valence-electron chi connectivity index (χ1n) is 11.5. The van der Waals surface area contributed by atoms with Gasteiger partial charge in [-0.15, -0.1) is 0 Å². The number of hydrogen-bond donors (Lipinski definition) is 1. The molecule has 192 valence electrons. The molecule has 0 aliphatic carbocycles. The second-order valence-electron chi connectivity index (χ2n) is 8.64. The number of alkyl halides is 3. The number of morpholine rings is 2. The Hall–Kier alpha value is -1.76. The van der Waals surface area contributed by atoms with Gasteiger partial charge in [-0.2, -0.15) is 13.2 Å². The first-order chi connectivity index (χ1) is 16.3. The number of ether oxygens (including phenoxy) is 3. The Morgan fingerprint density at radius 2 is 1.91 bits per heavy atom. The number of nitrogens with zero attached hydrogens (tertiary/aromatic N) is 3. The number of β-amino-alcohol motifs (C(OH)–C–C–N with tert-alkyl or cyclic N) is 1. The summed E-state index contributed by atoms with van der Waals surface area (Å²) in [5.41, 5.74) is -0.890. The fraction of sp³-hybridized carbons (Fsp3) is 0.696. The maximum absolute atomic E-state index is 13.1. The summed E-state index contributed by atoms with van der Waals surface area (Å²) in [6.07, 6.45) is -5.37. The molecule has 3 rings (SSSR count). The van der Waals surface area contributed by atoms with Gasteiger partial charge in [0.15, 0.2) is 0 Å². The highest BCUT2D eigenvalue weighted by Gasteiger charge is 2.32. The van der Waals surface area contributed by atoms with Crippen molar-refractivity contribution < 1.29 is 37.3 Å². The predicted molar refractivity (Wildman–Crippen MR) is 119 cm³/mol. The molecule has 2 fully saturated rings. The Morgan fingerprint density at radius 3 is 2.62 bits per heavy atom. The molecule has 0 unspecified atom stereocenters. The minimum Gasteiger partial charge on any atom is -0.390 e. The lowest BCUT2D eigenvalue weighted by Gasteiger charge is -2.37. The topological polar surface area (TPSA) is 74.7 Å². The van der Waals surface area contributed by atoms with E-state index in [4.69, 9.17) is 14.2 Å². The van der Waals surface area contributed by atoms with E-state index < -0.39 is 23.8 Å². The Balaban J connectivity index is 1.58. The highest BCUT2D eigenvalue weighted by atomic mass is 19.4. The van der Waals surface area contributed by atoms with Crippen LogP contribution in [0.5, 0.6) is 0 Å². The van der Waals surface area contributed by atoms with Crippen molar-refractivity contribution in [2.45, 2.75) is 18.4 Å². The number of carbonyl (C=O) groups is 1. The molecule has 34 heavy (non-hydrogen) atoms. The largest absolute Gasteiger partial charge is 0.416 e. The normalized spacial score (nSPS) is 21.4. The molecule has 2 saturated heterocycles. The summed E-state index contributed by atoms with van der Waals surface area (Å²) < 4.78 is 55.6. The van der Waals surface area contributed by atoms with Crippen LogP contribution in [-0.4, -0.2) is 124 Å². The van der Waals surface area contributed by atoms with E-state index in [9.17, 15) is 23.1 Å². The van der Waals surface area contributed by atoms with Crippen LogP contribution in [0.1, 0.15) is 15.9 Å². The number of amides is 1. The van der Waals surface area contributed by atoms with Crippen molar-refractivity contribution in [2.75, 3.05) is 85.9 Å². The van der Waals surface area contributed by atoms with Crippen molar-refractivity contribution >= 4 is 5.91 Å². The maximum atomic E-state index is 13.1. The lowest BCUT2D eigenvalue weighted by Crippen LogP contribution is -2.52. The SMILES string of the molecule is COCCN(C[C@@H]1CN(C[C@@H](O)CN2CCOCC2)CCO1)C(=O)c1cccc(C(F)(F)F)c1. The first-order valence-corrected chi connectivity index (χ1v) is 11.5. The molecule has 2 atom stereocenters. The standard InChI is InChI=1S/C23H34F3N3O5/c1-32-9-8-29(22(31)18-3-2-4-19(13-18)23(24,25)26)17-21-16-28(7-12-34-21)15-20(30)14-27-5-10-33-11-6-27/h2-4,13,20-21,30H,5-12,14-17H2,1H3/t20-,21-/m0/s1. The van der Waals surface area contributed by atoms with E-state index in [1.165, 1.54) is 24.1 Å². The third-order valence-corrected chi connectivity index (χ3v) is 5.98. The van der Waals surface area contributed by atoms with Gasteiger partial charge in [-0.05, 0) is 18.2 Å². The van der Waals surface area contributed by atoms with Gasteiger partial charge in [-0.3, -0.25) is 14.6 Å². The summed E-state index contributed by atoms with van der Waals surface area (Å²) in [5, 5.41) is 10.5. The van der Waals surface area contributed by atoms with E-state index in [0.717, 1.165) is 25.2 Å². The molecule has 0 radical (unpaired) electrons. The summed E-state index contributed by atoms with van der Waals surface area (Å²) in [6.45, 7) is 6.31. The number of benzene rings is 1. The maximum Gasteiger partial charge on any atom is 0.416 e. The van der Waals surface area contributed by atoms with Crippen LogP contribution in [0.4, 0.5) is 13.2 Å². The highest BCUT2D eigenvalue weighted by molar-refractivity contribution is 5.94. The van der Waals surface area contributed by atoms with E-state index in [2.05, 4.69) is 9.80 Å². The van der Waals surface area contributed by atoms with Gasteiger partial charge in [0, 0.05) is 65.0 Å². The third-order valence-electron chi connectivity index (χ3n) is 5.98. The van der Waals surface area contributed by atoms with Gasteiger partial charge >= 0.3 is 6.18 Å². The zero-order valence-corrected chi connectivity index (χ0v) is 19.5. The molecule has 2 heterocycles. The van der Waals surface area contributed by atoms with Crippen LogP contribution in [0.25, 0.3) is 0 Å². The number of methoxy groups -OCH3 is 1. The van der Waals surface area contributed by atoms with Gasteiger partial charge in [0.25, 0.3) is 5.91 Å². The van der Waals surface area contributed by atoms with Crippen LogP contribution < -0.4 is 0 Å². The molecule has 8 nitrogen and oxygen atoms in total. The number of halogens is 3. The fourth-order valence-electron chi connectivity index (χ4n) is 4.23. The minimum absolute atomic E-state index is 0.0282. The van der Waals surface area contributed by atoms with E-state index in [-0.39, 0.29) is 31.4 Å². The summed E-state index contributed by atoms with van der Waals surface area (Å²) in [7, 11) is 1.50. The fourth-order valence-corrected chi connectivity index (χ4v) is 4.23. The van der Waals surface area contributed by atoms with Crippen LogP contribution in [-0.2, 0) is 20.4 Å². The molecule has 1 aromatic rings. The quantitative estimate of drug-likeness (QED) is 0.529. The molecule has 0 spiro atoms. The summed E-state index contributed by atoms with van der Waals surface area (Å²) in [4.78, 5) is 18.8. The van der Waals surface area contributed by atoms with Crippen molar-refractivity contribution in [1.29, 1.82) is 0 Å². The van der Waals surface area contributed by atoms with Crippen LogP contribution >= 0.6 is 0 Å². The van der Waals surface area contributed by atoms with Gasteiger partial charge in [-0.25, -0.2) is 0 Å². The van der Waals surface area contributed by atoms with Crippen molar-refractivity contribution in [3.63, 3.8) is 0 Å². The van der Waals surface area contributed by atoms with E-state index in [1.54, 1.807) is 0 Å². The Morgan fingerprint density at radius 1 is 1.21 bits per heavy atom. The average molecular weight is 490 g/mol.